The van der Waals surface area contributed by atoms with E-state index >= 15 is 0 Å². The molecule has 0 spiro atoms. The Morgan fingerprint density at radius 1 is 1.44 bits per heavy atom. The lowest BCUT2D eigenvalue weighted by molar-refractivity contribution is -0.00720. The number of carbonyl (C=O) groups excluding carboxylic acids is 1. The van der Waals surface area contributed by atoms with E-state index in [0.29, 0.717) is 11.1 Å². The molecule has 1 amide bonds. The number of aryl methyl sites for hydroxylation is 1. The number of amides is 1. The van der Waals surface area contributed by atoms with Gasteiger partial charge in [-0.15, -0.1) is 0 Å². The largest absolute Gasteiger partial charge is 0.391 e. The summed E-state index contributed by atoms with van der Waals surface area (Å²) in [5.74, 6) is -0.956. The molecule has 2 aromatic heterocycles. The van der Waals surface area contributed by atoms with Crippen LogP contribution in [-0.4, -0.2) is 33.3 Å². The molecule has 7 nitrogen and oxygen atoms in total. The lowest BCUT2D eigenvalue weighted by Crippen LogP contribution is -2.29. The van der Waals surface area contributed by atoms with Gasteiger partial charge >= 0.3 is 0 Å². The first-order chi connectivity index (χ1) is 12.9. The van der Waals surface area contributed by atoms with E-state index in [9.17, 15) is 14.3 Å². The second-order valence-electron chi connectivity index (χ2n) is 6.02. The molecule has 0 unspecified atom stereocenters. The minimum Gasteiger partial charge on any atom is -0.391 e. The summed E-state index contributed by atoms with van der Waals surface area (Å²) in [6, 6.07) is 6.54. The zero-order valence-electron chi connectivity index (χ0n) is 14.7. The summed E-state index contributed by atoms with van der Waals surface area (Å²) in [4.78, 5) is 21.8. The fraction of sp³-hybridized carbons (Fsp3) is 0.222. The van der Waals surface area contributed by atoms with Crippen LogP contribution < -0.4 is 10.8 Å². The molecule has 0 aliphatic rings. The molecule has 142 valence electrons. The van der Waals surface area contributed by atoms with E-state index in [2.05, 4.69) is 15.8 Å². The molecule has 27 heavy (non-hydrogen) atoms. The number of hydroxylamine groups is 1. The maximum Gasteiger partial charge on any atom is 0.293 e. The van der Waals surface area contributed by atoms with Crippen LogP contribution in [0.2, 0.25) is 0 Å². The van der Waals surface area contributed by atoms with Crippen LogP contribution in [0.15, 0.2) is 36.7 Å². The molecule has 0 radical (unpaired) electrons. The highest BCUT2D eigenvalue weighted by atomic mass is 127. The average Bonchev–Trinajstić information content (AvgIpc) is 2.89. The van der Waals surface area contributed by atoms with Crippen molar-refractivity contribution < 1.29 is 19.1 Å². The van der Waals surface area contributed by atoms with Crippen molar-refractivity contribution in [2.24, 2.45) is 7.05 Å². The van der Waals surface area contributed by atoms with E-state index in [0.717, 1.165) is 9.09 Å². The van der Waals surface area contributed by atoms with E-state index in [1.807, 2.05) is 22.6 Å². The number of anilines is 2. The van der Waals surface area contributed by atoms with Gasteiger partial charge in [0, 0.05) is 28.4 Å². The molecule has 3 N–H and O–H groups in total. The van der Waals surface area contributed by atoms with Gasteiger partial charge in [0.25, 0.3) is 5.91 Å². The van der Waals surface area contributed by atoms with Gasteiger partial charge in [-0.1, -0.05) is 0 Å². The van der Waals surface area contributed by atoms with Gasteiger partial charge in [-0.25, -0.2) is 9.87 Å². The highest BCUT2D eigenvalue weighted by Gasteiger charge is 2.22. The van der Waals surface area contributed by atoms with Gasteiger partial charge in [-0.2, -0.15) is 0 Å². The number of nitrogens with zero attached hydrogens (tertiary/aromatic N) is 2. The van der Waals surface area contributed by atoms with Crippen molar-refractivity contribution in [3.05, 3.63) is 51.7 Å². The number of aromatic nitrogens is 2. The molecule has 0 fully saturated rings. The molecule has 1 aromatic carbocycles. The Balaban J connectivity index is 2.03. The summed E-state index contributed by atoms with van der Waals surface area (Å²) in [7, 11) is 1.72. The quantitative estimate of drug-likeness (QED) is 0.370. The van der Waals surface area contributed by atoms with Gasteiger partial charge in [0.05, 0.1) is 23.0 Å². The fourth-order valence-electron chi connectivity index (χ4n) is 2.68. The molecule has 9 heteroatoms. The van der Waals surface area contributed by atoms with E-state index in [1.165, 1.54) is 6.07 Å². The van der Waals surface area contributed by atoms with Crippen molar-refractivity contribution in [3.63, 3.8) is 0 Å². The minimum atomic E-state index is -0.722. The lowest BCUT2D eigenvalue weighted by atomic mass is 10.2. The maximum absolute atomic E-state index is 14.3. The third kappa shape index (κ3) is 4.20. The Kier molecular flexibility index (Phi) is 5.92. The molecular weight excluding hydrogens is 466 g/mol. The normalized spacial score (nSPS) is 12.2. The van der Waals surface area contributed by atoms with Crippen LogP contribution in [0.5, 0.6) is 0 Å². The Hall–Kier alpha value is -2.24. The number of fused-ring (bicyclic) bond motifs is 1. The van der Waals surface area contributed by atoms with E-state index < -0.39 is 17.8 Å². The number of hydrogen-bond acceptors (Lipinski definition) is 5. The van der Waals surface area contributed by atoms with E-state index in [1.54, 1.807) is 49.1 Å². The molecule has 0 aliphatic heterocycles. The van der Waals surface area contributed by atoms with Crippen LogP contribution in [0.25, 0.3) is 10.9 Å². The zero-order valence-corrected chi connectivity index (χ0v) is 16.8. The Bertz CT molecular complexity index is 990. The Morgan fingerprint density at radius 2 is 2.22 bits per heavy atom. The number of aliphatic hydroxyl groups excluding tert-OH is 1. The molecule has 0 aliphatic carbocycles. The number of hydrogen-bond donors (Lipinski definition) is 3. The number of aliphatic hydroxyl groups is 1. The lowest BCUT2D eigenvalue weighted by Gasteiger charge is -2.12. The topological polar surface area (TPSA) is 88.4 Å². The monoisotopic (exact) mass is 484 g/mol. The predicted molar refractivity (Wildman–Crippen MR) is 108 cm³/mol. The van der Waals surface area contributed by atoms with Crippen LogP contribution in [0, 0.1) is 9.39 Å². The second-order valence-corrected chi connectivity index (χ2v) is 7.26. The first-order valence-corrected chi connectivity index (χ1v) is 9.21. The van der Waals surface area contributed by atoms with Crippen LogP contribution in [-0.2, 0) is 11.9 Å². The number of pyridine rings is 1. The number of halogens is 2. The molecule has 2 heterocycles. The SMILES string of the molecule is C[C@@H](O)CONC(=O)c1c(Nc2ccc(I)cc2F)c2cnccc2n1C. The number of nitrogens with one attached hydrogen (secondary N) is 2. The van der Waals surface area contributed by atoms with Crippen molar-refractivity contribution in [3.8, 4) is 0 Å². The maximum atomic E-state index is 14.3. The summed E-state index contributed by atoms with van der Waals surface area (Å²) in [6.45, 7) is 1.49. The molecule has 0 saturated carbocycles. The highest BCUT2D eigenvalue weighted by Crippen LogP contribution is 2.33. The standard InChI is InChI=1S/C18H18FIN4O3/c1-10(25)9-27-23-18(26)17-16(12-8-21-6-5-15(12)24(17)2)22-14-4-3-11(20)7-13(14)19/h3-8,10,22,25H,9H2,1-2H3,(H,23,26)/t10-/m1/s1. The van der Waals surface area contributed by atoms with Gasteiger partial charge in [0.1, 0.15) is 18.1 Å². The molecule has 0 bridgehead atoms. The number of rotatable bonds is 6. The van der Waals surface area contributed by atoms with Gasteiger partial charge in [-0.3, -0.25) is 14.6 Å². The van der Waals surface area contributed by atoms with Crippen molar-refractivity contribution >= 4 is 50.8 Å². The highest BCUT2D eigenvalue weighted by molar-refractivity contribution is 14.1. The minimum absolute atomic E-state index is 0.0499. The van der Waals surface area contributed by atoms with Gasteiger partial charge < -0.3 is 15.0 Å². The van der Waals surface area contributed by atoms with E-state index in [-0.39, 0.29) is 18.0 Å². The smallest absolute Gasteiger partial charge is 0.293 e. The first-order valence-electron chi connectivity index (χ1n) is 8.13. The summed E-state index contributed by atoms with van der Waals surface area (Å²) >= 11 is 2.03. The summed E-state index contributed by atoms with van der Waals surface area (Å²) < 4.78 is 16.8. The van der Waals surface area contributed by atoms with Crippen molar-refractivity contribution in [2.75, 3.05) is 11.9 Å². The van der Waals surface area contributed by atoms with Crippen molar-refractivity contribution in [2.45, 2.75) is 13.0 Å². The second kappa shape index (κ2) is 8.19. The number of carbonyl (C=O) groups is 1. The molecule has 3 aromatic rings. The first kappa shape index (κ1) is 19.5. The summed E-state index contributed by atoms with van der Waals surface area (Å²) in [5, 5.41) is 12.9. The fourth-order valence-corrected chi connectivity index (χ4v) is 3.14. The molecule has 3 rings (SSSR count). The van der Waals surface area contributed by atoms with Crippen molar-refractivity contribution in [1.82, 2.24) is 15.0 Å². The van der Waals surface area contributed by atoms with Crippen LogP contribution in [0.3, 0.4) is 0 Å². The third-order valence-corrected chi connectivity index (χ3v) is 4.57. The molecule has 0 saturated heterocycles. The summed E-state index contributed by atoms with van der Waals surface area (Å²) in [5.41, 5.74) is 3.96. The van der Waals surface area contributed by atoms with Crippen LogP contribution >= 0.6 is 22.6 Å². The Labute approximate surface area is 168 Å². The molecule has 1 atom stereocenters. The van der Waals surface area contributed by atoms with E-state index in [4.69, 9.17) is 4.84 Å². The summed E-state index contributed by atoms with van der Waals surface area (Å²) in [6.07, 6.45) is 2.50. The molecular formula is C18H18FIN4O3. The van der Waals surface area contributed by atoms with Gasteiger partial charge in [0.15, 0.2) is 0 Å². The van der Waals surface area contributed by atoms with Gasteiger partial charge in [-0.05, 0) is 53.8 Å². The predicted octanol–water partition coefficient (Wildman–Crippen LogP) is 3.10. The third-order valence-electron chi connectivity index (χ3n) is 3.90. The van der Waals surface area contributed by atoms with Crippen molar-refractivity contribution in [1.29, 1.82) is 0 Å². The Morgan fingerprint density at radius 3 is 2.93 bits per heavy atom. The van der Waals surface area contributed by atoms with Crippen LogP contribution in [0.4, 0.5) is 15.8 Å². The number of benzene rings is 1. The zero-order chi connectivity index (χ0) is 19.6. The van der Waals surface area contributed by atoms with Crippen LogP contribution in [0.1, 0.15) is 17.4 Å². The van der Waals surface area contributed by atoms with Gasteiger partial charge in [0.2, 0.25) is 0 Å². The average molecular weight is 484 g/mol.